The summed E-state index contributed by atoms with van der Waals surface area (Å²) in [6.45, 7) is -1.09. The number of aliphatic hydroxyl groups is 2. The van der Waals surface area contributed by atoms with Crippen molar-refractivity contribution in [2.75, 3.05) is 12.4 Å². The second kappa shape index (κ2) is 11.6. The van der Waals surface area contributed by atoms with Gasteiger partial charge in [0.25, 0.3) is 0 Å². The third-order valence-electron chi connectivity index (χ3n) is 6.96. The Hall–Kier alpha value is -2.65. The zero-order chi connectivity index (χ0) is 26.8. The average Bonchev–Trinajstić information content (AvgIpc) is 3.63. The van der Waals surface area contributed by atoms with Gasteiger partial charge < -0.3 is 19.9 Å². The Morgan fingerprint density at radius 1 is 1.11 bits per heavy atom. The molecule has 9 heteroatoms. The third kappa shape index (κ3) is 5.99. The molecule has 2 unspecified atom stereocenters. The van der Waals surface area contributed by atoms with Gasteiger partial charge in [0.05, 0.1) is 21.5 Å². The third-order valence-corrected chi connectivity index (χ3v) is 10.0. The summed E-state index contributed by atoms with van der Waals surface area (Å²) >= 11 is 6.57. The standard InChI is InChI=1S/C29H31ClF2N2O3S/c1-17(36)38(16-18-6-7-18)20-10-8-19(9-11-20)21(12-13-35)28-33-25-14-23(24(30)15-26(25)34-28)22-4-2-3-5-27(22)37-29(31)32/h2-5,8-11,14-15,17-18,21,29,35-36,38H,6-7,12-13,16H2,1H3,(H,33,34)/t17-,21?/m0/s1. The van der Waals surface area contributed by atoms with Crippen LogP contribution in [0.5, 0.6) is 5.75 Å². The lowest BCUT2D eigenvalue weighted by Crippen LogP contribution is -2.08. The first-order valence-corrected chi connectivity index (χ1v) is 14.7. The highest BCUT2D eigenvalue weighted by Crippen LogP contribution is 2.47. The number of benzene rings is 3. The van der Waals surface area contributed by atoms with Crippen LogP contribution in [0.25, 0.3) is 22.2 Å². The normalized spacial score (nSPS) is 16.6. The Labute approximate surface area is 228 Å². The van der Waals surface area contributed by atoms with Gasteiger partial charge in [-0.1, -0.05) is 41.9 Å². The van der Waals surface area contributed by atoms with Gasteiger partial charge in [-0.2, -0.15) is 8.78 Å². The number of aromatic amines is 1. The van der Waals surface area contributed by atoms with E-state index in [9.17, 15) is 19.0 Å². The van der Waals surface area contributed by atoms with Gasteiger partial charge in [0.2, 0.25) is 0 Å². The molecule has 38 heavy (non-hydrogen) atoms. The molecule has 5 nitrogen and oxygen atoms in total. The maximum absolute atomic E-state index is 13.0. The number of H-pyrrole nitrogens is 1. The Kier molecular flexibility index (Phi) is 8.23. The van der Waals surface area contributed by atoms with Crippen LogP contribution < -0.4 is 4.74 Å². The number of alkyl halides is 2. The van der Waals surface area contributed by atoms with Crippen molar-refractivity contribution >= 4 is 33.5 Å². The van der Waals surface area contributed by atoms with Crippen molar-refractivity contribution in [3.05, 3.63) is 77.1 Å². The minimum Gasteiger partial charge on any atom is -0.434 e. The highest BCUT2D eigenvalue weighted by molar-refractivity contribution is 8.17. The van der Waals surface area contributed by atoms with Crippen molar-refractivity contribution in [3.8, 4) is 16.9 Å². The number of halogens is 3. The lowest BCUT2D eigenvalue weighted by molar-refractivity contribution is -0.0494. The lowest BCUT2D eigenvalue weighted by atomic mass is 9.95. The van der Waals surface area contributed by atoms with Gasteiger partial charge >= 0.3 is 6.61 Å². The molecule has 3 N–H and O–H groups in total. The van der Waals surface area contributed by atoms with Gasteiger partial charge in [-0.05, 0) is 78.6 Å². The SMILES string of the molecule is C[C@@H](O)[SH](CC1CC1)c1ccc(C(CCO)c2nc3cc(Cl)c(-c4ccccc4OC(F)F)cc3[nH]2)cc1. The van der Waals surface area contributed by atoms with E-state index in [2.05, 4.69) is 29.2 Å². The van der Waals surface area contributed by atoms with Crippen LogP contribution in [0.3, 0.4) is 0 Å². The summed E-state index contributed by atoms with van der Waals surface area (Å²) in [5.74, 6) is 2.34. The highest BCUT2D eigenvalue weighted by atomic mass is 35.5. The van der Waals surface area contributed by atoms with Crippen molar-refractivity contribution in [3.63, 3.8) is 0 Å². The number of rotatable bonds is 11. The maximum atomic E-state index is 13.0. The van der Waals surface area contributed by atoms with E-state index >= 15 is 0 Å². The number of aromatic nitrogens is 2. The summed E-state index contributed by atoms with van der Waals surface area (Å²) in [6, 6.07) is 18.3. The number of nitrogens with one attached hydrogen (secondary N) is 1. The van der Waals surface area contributed by atoms with Gasteiger partial charge in [-0.25, -0.2) is 15.9 Å². The minimum atomic E-state index is -2.95. The second-order valence-electron chi connectivity index (χ2n) is 9.73. The van der Waals surface area contributed by atoms with E-state index in [-0.39, 0.29) is 23.7 Å². The molecule has 3 aromatic carbocycles. The lowest BCUT2D eigenvalue weighted by Gasteiger charge is -2.26. The number of ether oxygens (including phenoxy) is 1. The van der Waals surface area contributed by atoms with Gasteiger partial charge in [0.15, 0.2) is 0 Å². The number of hydrogen-bond acceptors (Lipinski definition) is 4. The topological polar surface area (TPSA) is 78.4 Å². The smallest absolute Gasteiger partial charge is 0.387 e. The minimum absolute atomic E-state index is 0.0180. The number of nitrogens with zero attached hydrogens (tertiary/aromatic N) is 1. The molecule has 1 saturated carbocycles. The van der Waals surface area contributed by atoms with Crippen molar-refractivity contribution in [2.45, 2.75) is 49.0 Å². The monoisotopic (exact) mass is 560 g/mol. The summed E-state index contributed by atoms with van der Waals surface area (Å²) in [5.41, 5.74) is 3.01. The van der Waals surface area contributed by atoms with E-state index in [4.69, 9.17) is 21.3 Å². The molecule has 0 spiro atoms. The van der Waals surface area contributed by atoms with E-state index in [1.165, 1.54) is 23.8 Å². The van der Waals surface area contributed by atoms with E-state index in [1.807, 2.05) is 6.92 Å². The van der Waals surface area contributed by atoms with E-state index in [0.717, 1.165) is 17.2 Å². The molecule has 1 aromatic heterocycles. The molecule has 1 aliphatic rings. The Morgan fingerprint density at radius 3 is 2.50 bits per heavy atom. The Morgan fingerprint density at radius 2 is 1.84 bits per heavy atom. The molecular formula is C29H31ClF2N2O3S. The van der Waals surface area contributed by atoms with Crippen LogP contribution in [0.4, 0.5) is 8.78 Å². The van der Waals surface area contributed by atoms with Crippen LogP contribution in [0.15, 0.2) is 65.6 Å². The number of fused-ring (bicyclic) bond motifs is 1. The fourth-order valence-corrected chi connectivity index (χ4v) is 7.51. The van der Waals surface area contributed by atoms with Crippen LogP contribution in [-0.4, -0.2) is 44.6 Å². The van der Waals surface area contributed by atoms with Crippen molar-refractivity contribution in [2.24, 2.45) is 5.92 Å². The van der Waals surface area contributed by atoms with Gasteiger partial charge in [-0.15, -0.1) is 0 Å². The summed E-state index contributed by atoms with van der Waals surface area (Å²) in [4.78, 5) is 9.31. The van der Waals surface area contributed by atoms with Crippen LogP contribution in [0, 0.1) is 5.92 Å². The summed E-state index contributed by atoms with van der Waals surface area (Å²) < 4.78 is 30.6. The first-order chi connectivity index (χ1) is 18.3. The molecule has 4 aromatic rings. The fourth-order valence-electron chi connectivity index (χ4n) is 4.85. The molecule has 1 heterocycles. The second-order valence-corrected chi connectivity index (χ2v) is 12.7. The van der Waals surface area contributed by atoms with Crippen molar-refractivity contribution in [1.29, 1.82) is 0 Å². The molecule has 5 rings (SSSR count). The summed E-state index contributed by atoms with van der Waals surface area (Å²) in [6.07, 6.45) is 2.98. The summed E-state index contributed by atoms with van der Waals surface area (Å²) in [7, 11) is -0.629. The van der Waals surface area contributed by atoms with Crippen LogP contribution in [0.2, 0.25) is 5.02 Å². The number of para-hydroxylation sites is 1. The number of imidazole rings is 1. The molecule has 1 aliphatic carbocycles. The Balaban J connectivity index is 1.47. The molecule has 0 amide bonds. The summed E-state index contributed by atoms with van der Waals surface area (Å²) in [5, 5.41) is 20.6. The molecule has 0 aliphatic heterocycles. The first kappa shape index (κ1) is 26.9. The molecular weight excluding hydrogens is 530 g/mol. The van der Waals surface area contributed by atoms with E-state index < -0.39 is 17.5 Å². The van der Waals surface area contributed by atoms with E-state index in [0.29, 0.717) is 39.4 Å². The molecule has 0 bridgehead atoms. The average molecular weight is 561 g/mol. The zero-order valence-corrected chi connectivity index (χ0v) is 22.6. The molecule has 3 atom stereocenters. The Bertz CT molecular complexity index is 1390. The van der Waals surface area contributed by atoms with E-state index in [1.54, 1.807) is 30.3 Å². The predicted octanol–water partition coefficient (Wildman–Crippen LogP) is 7.11. The van der Waals surface area contributed by atoms with Crippen LogP contribution in [-0.2, 0) is 0 Å². The first-order valence-electron chi connectivity index (χ1n) is 12.7. The van der Waals surface area contributed by atoms with Crippen molar-refractivity contribution < 1.29 is 23.7 Å². The largest absolute Gasteiger partial charge is 0.434 e. The molecule has 0 radical (unpaired) electrons. The fraction of sp³-hybridized carbons (Fsp3) is 0.345. The maximum Gasteiger partial charge on any atom is 0.387 e. The highest BCUT2D eigenvalue weighted by Gasteiger charge is 2.27. The quantitative estimate of drug-likeness (QED) is 0.147. The van der Waals surface area contributed by atoms with Gasteiger partial charge in [0, 0.05) is 23.7 Å². The molecule has 0 saturated heterocycles. The van der Waals surface area contributed by atoms with Crippen LogP contribution in [0.1, 0.15) is 43.5 Å². The molecule has 202 valence electrons. The van der Waals surface area contributed by atoms with Crippen LogP contribution >= 0.6 is 22.5 Å². The zero-order valence-electron chi connectivity index (χ0n) is 20.9. The van der Waals surface area contributed by atoms with Gasteiger partial charge in [-0.3, -0.25) is 0 Å². The van der Waals surface area contributed by atoms with Crippen molar-refractivity contribution in [1.82, 2.24) is 9.97 Å². The number of aliphatic hydroxyl groups excluding tert-OH is 2. The van der Waals surface area contributed by atoms with Gasteiger partial charge in [0.1, 0.15) is 11.6 Å². The molecule has 1 fully saturated rings. The predicted molar refractivity (Wildman–Crippen MR) is 150 cm³/mol. The number of hydrogen-bond donors (Lipinski definition) is 4. The number of thiol groups is 1.